The number of ether oxygens (including phenoxy) is 1. The van der Waals surface area contributed by atoms with Crippen LogP contribution in [0.4, 0.5) is 5.82 Å². The Kier molecular flexibility index (Phi) is 5.55. The molecule has 0 aromatic carbocycles. The highest BCUT2D eigenvalue weighted by atomic mass is 32.1. The highest BCUT2D eigenvalue weighted by Gasteiger charge is 2.14. The number of amides is 1. The van der Waals surface area contributed by atoms with E-state index < -0.39 is 0 Å². The van der Waals surface area contributed by atoms with Crippen LogP contribution in [0.5, 0.6) is 0 Å². The van der Waals surface area contributed by atoms with Gasteiger partial charge in [-0.15, -0.1) is 11.3 Å². The quantitative estimate of drug-likeness (QED) is 0.841. The van der Waals surface area contributed by atoms with E-state index in [2.05, 4.69) is 20.2 Å². The summed E-state index contributed by atoms with van der Waals surface area (Å²) in [4.78, 5) is 24.1. The van der Waals surface area contributed by atoms with Crippen molar-refractivity contribution >= 4 is 29.1 Å². The number of hydrogen-bond donors (Lipinski definition) is 1. The van der Waals surface area contributed by atoms with Crippen LogP contribution in [0.15, 0.2) is 29.7 Å². The van der Waals surface area contributed by atoms with Crippen LogP contribution in [0.3, 0.4) is 0 Å². The van der Waals surface area contributed by atoms with Gasteiger partial charge in [0.1, 0.15) is 11.6 Å². The summed E-state index contributed by atoms with van der Waals surface area (Å²) < 4.78 is 5.37. The van der Waals surface area contributed by atoms with Crippen LogP contribution < -0.4 is 10.2 Å². The van der Waals surface area contributed by atoms with Crippen molar-refractivity contribution in [3.05, 3.63) is 46.1 Å². The summed E-state index contributed by atoms with van der Waals surface area (Å²) in [5, 5.41) is 4.81. The monoisotopic (exact) mass is 344 g/mol. The molecule has 126 valence electrons. The molecule has 1 aliphatic rings. The average molecular weight is 344 g/mol. The van der Waals surface area contributed by atoms with Crippen molar-refractivity contribution in [3.8, 4) is 0 Å². The second-order valence-electron chi connectivity index (χ2n) is 5.45. The number of thiophene rings is 1. The van der Waals surface area contributed by atoms with E-state index in [0.29, 0.717) is 25.6 Å². The summed E-state index contributed by atoms with van der Waals surface area (Å²) >= 11 is 1.59. The topological polar surface area (TPSA) is 67.3 Å². The van der Waals surface area contributed by atoms with Crippen molar-refractivity contribution < 1.29 is 9.53 Å². The van der Waals surface area contributed by atoms with Gasteiger partial charge in [0.05, 0.1) is 19.8 Å². The summed E-state index contributed by atoms with van der Waals surface area (Å²) in [5.74, 6) is 1.36. The number of morpholine rings is 1. The second-order valence-corrected chi connectivity index (χ2v) is 6.43. The summed E-state index contributed by atoms with van der Waals surface area (Å²) in [7, 11) is 0. The van der Waals surface area contributed by atoms with E-state index in [1.165, 1.54) is 6.08 Å². The number of hydrogen-bond acceptors (Lipinski definition) is 6. The predicted octanol–water partition coefficient (Wildman–Crippen LogP) is 2.01. The van der Waals surface area contributed by atoms with Gasteiger partial charge in [0, 0.05) is 35.8 Å². The molecule has 1 saturated heterocycles. The summed E-state index contributed by atoms with van der Waals surface area (Å²) in [6, 6.07) is 5.88. The predicted molar refractivity (Wildman–Crippen MR) is 95.0 cm³/mol. The molecule has 7 heteroatoms. The number of anilines is 1. The number of aryl methyl sites for hydroxylation is 1. The zero-order chi connectivity index (χ0) is 16.8. The minimum Gasteiger partial charge on any atom is -0.378 e. The molecule has 0 saturated carbocycles. The fourth-order valence-electron chi connectivity index (χ4n) is 2.41. The fourth-order valence-corrected chi connectivity index (χ4v) is 3.03. The van der Waals surface area contributed by atoms with Crippen LogP contribution in [0.25, 0.3) is 6.08 Å². The van der Waals surface area contributed by atoms with Gasteiger partial charge in [0.2, 0.25) is 5.91 Å². The van der Waals surface area contributed by atoms with Gasteiger partial charge in [-0.3, -0.25) is 4.79 Å². The number of carbonyl (C=O) groups excluding carboxylic acids is 1. The van der Waals surface area contributed by atoms with Gasteiger partial charge in [-0.1, -0.05) is 6.07 Å². The van der Waals surface area contributed by atoms with Crippen LogP contribution in [0.1, 0.15) is 16.4 Å². The Morgan fingerprint density at radius 2 is 2.25 bits per heavy atom. The molecular weight excluding hydrogens is 324 g/mol. The van der Waals surface area contributed by atoms with E-state index in [1.807, 2.05) is 30.5 Å². The Balaban J connectivity index is 1.60. The highest BCUT2D eigenvalue weighted by Crippen LogP contribution is 2.14. The van der Waals surface area contributed by atoms with Crippen LogP contribution in [0, 0.1) is 6.92 Å². The Morgan fingerprint density at radius 1 is 1.42 bits per heavy atom. The molecule has 0 spiro atoms. The molecule has 24 heavy (non-hydrogen) atoms. The van der Waals surface area contributed by atoms with E-state index in [9.17, 15) is 4.79 Å². The molecule has 3 rings (SSSR count). The highest BCUT2D eigenvalue weighted by molar-refractivity contribution is 7.10. The minimum atomic E-state index is -0.151. The van der Waals surface area contributed by atoms with Crippen LogP contribution in [-0.2, 0) is 16.1 Å². The number of nitrogens with zero attached hydrogens (tertiary/aromatic N) is 3. The number of rotatable bonds is 5. The van der Waals surface area contributed by atoms with E-state index in [4.69, 9.17) is 4.74 Å². The number of nitrogens with one attached hydrogen (secondary N) is 1. The zero-order valence-corrected chi connectivity index (χ0v) is 14.4. The maximum Gasteiger partial charge on any atom is 0.244 e. The molecule has 0 aliphatic carbocycles. The first-order valence-corrected chi connectivity index (χ1v) is 8.75. The van der Waals surface area contributed by atoms with E-state index in [-0.39, 0.29) is 5.91 Å². The number of aromatic nitrogens is 2. The first kappa shape index (κ1) is 16.6. The Labute approximate surface area is 145 Å². The van der Waals surface area contributed by atoms with Gasteiger partial charge in [-0.25, -0.2) is 9.97 Å². The van der Waals surface area contributed by atoms with Crippen LogP contribution in [-0.4, -0.2) is 42.2 Å². The van der Waals surface area contributed by atoms with Gasteiger partial charge >= 0.3 is 0 Å². The molecule has 0 atom stereocenters. The molecule has 2 aromatic heterocycles. The van der Waals surface area contributed by atoms with Gasteiger partial charge < -0.3 is 15.0 Å². The normalized spacial score (nSPS) is 15.0. The molecule has 2 aromatic rings. The van der Waals surface area contributed by atoms with E-state index >= 15 is 0 Å². The minimum absolute atomic E-state index is 0.151. The van der Waals surface area contributed by atoms with Crippen LogP contribution >= 0.6 is 11.3 Å². The third-order valence-corrected chi connectivity index (χ3v) is 4.42. The maximum absolute atomic E-state index is 11.9. The van der Waals surface area contributed by atoms with Gasteiger partial charge in [0.25, 0.3) is 0 Å². The lowest BCUT2D eigenvalue weighted by Gasteiger charge is -2.28. The standard InChI is InChI=1S/C17H20N4O2S/c1-13-11-16(21-6-8-23-9-7-21)20-15(19-13)12-18-17(22)5-4-14-3-2-10-24-14/h2-5,10-11H,6-9,12H2,1H3,(H,18,22)/b5-4+. The molecule has 0 radical (unpaired) electrons. The van der Waals surface area contributed by atoms with Crippen LogP contribution in [0.2, 0.25) is 0 Å². The Bertz CT molecular complexity index is 709. The second kappa shape index (κ2) is 8.03. The smallest absolute Gasteiger partial charge is 0.244 e. The van der Waals surface area contributed by atoms with Crippen molar-refractivity contribution in [2.75, 3.05) is 31.2 Å². The van der Waals surface area contributed by atoms with Crippen molar-refractivity contribution in [1.29, 1.82) is 0 Å². The first-order valence-electron chi connectivity index (χ1n) is 7.87. The molecule has 3 heterocycles. The molecule has 1 aliphatic heterocycles. The van der Waals surface area contributed by atoms with E-state index in [1.54, 1.807) is 17.4 Å². The molecule has 1 fully saturated rings. The van der Waals surface area contributed by atoms with Crippen molar-refractivity contribution in [2.24, 2.45) is 0 Å². The van der Waals surface area contributed by atoms with E-state index in [0.717, 1.165) is 29.5 Å². The molecule has 6 nitrogen and oxygen atoms in total. The maximum atomic E-state index is 11.9. The Morgan fingerprint density at radius 3 is 3.00 bits per heavy atom. The van der Waals surface area contributed by atoms with Crippen molar-refractivity contribution in [2.45, 2.75) is 13.5 Å². The lowest BCUT2D eigenvalue weighted by Crippen LogP contribution is -2.37. The molecule has 0 unspecified atom stereocenters. The summed E-state index contributed by atoms with van der Waals surface area (Å²) in [6.45, 7) is 5.32. The van der Waals surface area contributed by atoms with Crippen molar-refractivity contribution in [1.82, 2.24) is 15.3 Å². The SMILES string of the molecule is Cc1cc(N2CCOCC2)nc(CNC(=O)/C=C/c2cccs2)n1. The average Bonchev–Trinajstić information content (AvgIpc) is 3.12. The van der Waals surface area contributed by atoms with Gasteiger partial charge in [-0.2, -0.15) is 0 Å². The molecule has 0 bridgehead atoms. The fraction of sp³-hybridized carbons (Fsp3) is 0.353. The largest absolute Gasteiger partial charge is 0.378 e. The van der Waals surface area contributed by atoms with Gasteiger partial charge in [0.15, 0.2) is 0 Å². The molecule has 1 N–H and O–H groups in total. The molecular formula is C17H20N4O2S. The lowest BCUT2D eigenvalue weighted by atomic mass is 10.3. The van der Waals surface area contributed by atoms with Gasteiger partial charge in [-0.05, 0) is 24.4 Å². The molecule has 1 amide bonds. The number of carbonyl (C=O) groups is 1. The summed E-state index contributed by atoms with van der Waals surface area (Å²) in [6.07, 6.45) is 3.33. The first-order chi connectivity index (χ1) is 11.7. The zero-order valence-electron chi connectivity index (χ0n) is 13.6. The van der Waals surface area contributed by atoms with Crippen molar-refractivity contribution in [3.63, 3.8) is 0 Å². The third kappa shape index (κ3) is 4.62. The Hall–Kier alpha value is -2.25. The lowest BCUT2D eigenvalue weighted by molar-refractivity contribution is -0.116. The summed E-state index contributed by atoms with van der Waals surface area (Å²) in [5.41, 5.74) is 0.893. The third-order valence-electron chi connectivity index (χ3n) is 3.58.